The topological polar surface area (TPSA) is 41.1 Å². The highest BCUT2D eigenvalue weighted by Gasteiger charge is 2.22. The van der Waals surface area contributed by atoms with E-state index < -0.39 is 0 Å². The average Bonchev–Trinajstić information content (AvgIpc) is 2.86. The number of aromatic nitrogens is 2. The SMILES string of the molecule is CCCc1nsc(N2CCCC(CNC(C)C)C2)n1. The van der Waals surface area contributed by atoms with E-state index in [4.69, 9.17) is 0 Å². The fourth-order valence-electron chi connectivity index (χ4n) is 2.51. The van der Waals surface area contributed by atoms with Gasteiger partial charge in [-0.25, -0.2) is 4.98 Å². The quantitative estimate of drug-likeness (QED) is 0.871. The maximum absolute atomic E-state index is 4.67. The molecule has 1 aliphatic heterocycles. The first-order valence-electron chi connectivity index (χ1n) is 7.50. The van der Waals surface area contributed by atoms with Gasteiger partial charge in [-0.05, 0) is 31.7 Å². The van der Waals surface area contributed by atoms with Gasteiger partial charge in [0.2, 0.25) is 5.13 Å². The molecule has 1 N–H and O–H groups in total. The van der Waals surface area contributed by atoms with E-state index in [0.717, 1.165) is 49.3 Å². The molecule has 1 aromatic heterocycles. The fourth-order valence-corrected chi connectivity index (χ4v) is 3.25. The maximum atomic E-state index is 4.67. The number of piperidine rings is 1. The molecule has 2 rings (SSSR count). The van der Waals surface area contributed by atoms with Gasteiger partial charge in [0.25, 0.3) is 0 Å². The fraction of sp³-hybridized carbons (Fsp3) is 0.857. The minimum absolute atomic E-state index is 0.577. The molecule has 1 saturated heterocycles. The van der Waals surface area contributed by atoms with Crippen molar-refractivity contribution in [2.75, 3.05) is 24.5 Å². The second kappa shape index (κ2) is 7.20. The normalized spacial score (nSPS) is 20.2. The molecular weight excluding hydrogens is 256 g/mol. The van der Waals surface area contributed by atoms with E-state index in [2.05, 4.69) is 40.3 Å². The van der Waals surface area contributed by atoms with E-state index in [1.54, 1.807) is 11.5 Å². The van der Waals surface area contributed by atoms with Gasteiger partial charge in [-0.3, -0.25) is 0 Å². The van der Waals surface area contributed by atoms with E-state index in [0.29, 0.717) is 6.04 Å². The summed E-state index contributed by atoms with van der Waals surface area (Å²) >= 11 is 1.57. The van der Waals surface area contributed by atoms with Crippen LogP contribution in [0.5, 0.6) is 0 Å². The molecule has 108 valence electrons. The molecule has 1 aromatic rings. The first-order valence-corrected chi connectivity index (χ1v) is 8.27. The summed E-state index contributed by atoms with van der Waals surface area (Å²) in [6.45, 7) is 9.98. The number of nitrogens with zero attached hydrogens (tertiary/aromatic N) is 3. The van der Waals surface area contributed by atoms with Gasteiger partial charge in [-0.2, -0.15) is 4.37 Å². The summed E-state index contributed by atoms with van der Waals surface area (Å²) in [6, 6.07) is 0.577. The van der Waals surface area contributed by atoms with Crippen LogP contribution in [0.15, 0.2) is 0 Å². The molecule has 1 fully saturated rings. The highest BCUT2D eigenvalue weighted by atomic mass is 32.1. The van der Waals surface area contributed by atoms with Crippen molar-refractivity contribution in [3.05, 3.63) is 5.82 Å². The zero-order valence-corrected chi connectivity index (χ0v) is 13.2. The Kier molecular flexibility index (Phi) is 5.58. The van der Waals surface area contributed by atoms with Crippen molar-refractivity contribution in [3.63, 3.8) is 0 Å². The van der Waals surface area contributed by atoms with Crippen LogP contribution in [-0.2, 0) is 6.42 Å². The summed E-state index contributed by atoms with van der Waals surface area (Å²) in [7, 11) is 0. The number of nitrogens with one attached hydrogen (secondary N) is 1. The van der Waals surface area contributed by atoms with Crippen LogP contribution < -0.4 is 10.2 Å². The largest absolute Gasteiger partial charge is 0.347 e. The molecule has 2 heterocycles. The third kappa shape index (κ3) is 4.42. The number of hydrogen-bond donors (Lipinski definition) is 1. The van der Waals surface area contributed by atoms with Gasteiger partial charge >= 0.3 is 0 Å². The minimum Gasteiger partial charge on any atom is -0.347 e. The summed E-state index contributed by atoms with van der Waals surface area (Å²) in [5.41, 5.74) is 0. The number of anilines is 1. The molecular formula is C14H26N4S. The summed E-state index contributed by atoms with van der Waals surface area (Å²) in [6.07, 6.45) is 4.73. The molecule has 5 heteroatoms. The van der Waals surface area contributed by atoms with Gasteiger partial charge in [0.1, 0.15) is 5.82 Å². The Morgan fingerprint density at radius 3 is 3.05 bits per heavy atom. The van der Waals surface area contributed by atoms with Gasteiger partial charge in [-0.15, -0.1) is 0 Å². The molecule has 0 aliphatic carbocycles. The minimum atomic E-state index is 0.577. The lowest BCUT2D eigenvalue weighted by atomic mass is 9.98. The summed E-state index contributed by atoms with van der Waals surface area (Å²) < 4.78 is 4.45. The lowest BCUT2D eigenvalue weighted by Gasteiger charge is -2.32. The maximum Gasteiger partial charge on any atom is 0.205 e. The molecule has 0 spiro atoms. The highest BCUT2D eigenvalue weighted by Crippen LogP contribution is 2.24. The summed E-state index contributed by atoms with van der Waals surface area (Å²) in [4.78, 5) is 7.09. The van der Waals surface area contributed by atoms with Crippen molar-refractivity contribution in [1.29, 1.82) is 0 Å². The van der Waals surface area contributed by atoms with E-state index >= 15 is 0 Å². The lowest BCUT2D eigenvalue weighted by molar-refractivity contribution is 0.379. The van der Waals surface area contributed by atoms with Crippen LogP contribution in [0.1, 0.15) is 45.9 Å². The Hall–Kier alpha value is -0.680. The van der Waals surface area contributed by atoms with E-state index in [1.165, 1.54) is 12.8 Å². The Bertz CT molecular complexity index is 377. The first kappa shape index (κ1) is 14.7. The standard InChI is InChI=1S/C14H26N4S/c1-4-6-13-16-14(19-17-13)18-8-5-7-12(10-18)9-15-11(2)3/h11-12,15H,4-10H2,1-3H3. The van der Waals surface area contributed by atoms with Crippen molar-refractivity contribution >= 4 is 16.7 Å². The summed E-state index contributed by atoms with van der Waals surface area (Å²) in [5.74, 6) is 1.76. The third-order valence-electron chi connectivity index (χ3n) is 3.54. The smallest absolute Gasteiger partial charge is 0.205 e. The van der Waals surface area contributed by atoms with Gasteiger partial charge in [-0.1, -0.05) is 20.8 Å². The molecule has 0 bridgehead atoms. The highest BCUT2D eigenvalue weighted by molar-refractivity contribution is 7.09. The van der Waals surface area contributed by atoms with E-state index in [-0.39, 0.29) is 0 Å². The number of aryl methyl sites for hydroxylation is 1. The molecule has 1 aliphatic rings. The van der Waals surface area contributed by atoms with Gasteiger partial charge in [0.05, 0.1) is 0 Å². The third-order valence-corrected chi connectivity index (χ3v) is 4.35. The number of rotatable bonds is 6. The summed E-state index contributed by atoms with van der Waals surface area (Å²) in [5, 5.41) is 4.68. The van der Waals surface area contributed by atoms with Crippen molar-refractivity contribution in [2.24, 2.45) is 5.92 Å². The molecule has 0 aromatic carbocycles. The molecule has 0 amide bonds. The second-order valence-electron chi connectivity index (χ2n) is 5.76. The van der Waals surface area contributed by atoms with Crippen LogP contribution in [0.2, 0.25) is 0 Å². The van der Waals surface area contributed by atoms with Crippen molar-refractivity contribution in [1.82, 2.24) is 14.7 Å². The van der Waals surface area contributed by atoms with Crippen LogP contribution in [-0.4, -0.2) is 35.0 Å². The van der Waals surface area contributed by atoms with Crippen LogP contribution in [0.25, 0.3) is 0 Å². The molecule has 0 radical (unpaired) electrons. The Morgan fingerprint density at radius 1 is 1.47 bits per heavy atom. The van der Waals surface area contributed by atoms with E-state index in [9.17, 15) is 0 Å². The molecule has 1 unspecified atom stereocenters. The number of hydrogen-bond acceptors (Lipinski definition) is 5. The Morgan fingerprint density at radius 2 is 2.32 bits per heavy atom. The second-order valence-corrected chi connectivity index (χ2v) is 6.49. The van der Waals surface area contributed by atoms with Gasteiger partial charge in [0.15, 0.2) is 0 Å². The molecule has 1 atom stereocenters. The van der Waals surface area contributed by atoms with Gasteiger partial charge < -0.3 is 10.2 Å². The van der Waals surface area contributed by atoms with Crippen LogP contribution in [0, 0.1) is 5.92 Å². The zero-order valence-electron chi connectivity index (χ0n) is 12.4. The monoisotopic (exact) mass is 282 g/mol. The first-order chi connectivity index (χ1) is 9.19. The molecule has 4 nitrogen and oxygen atoms in total. The van der Waals surface area contributed by atoms with Crippen LogP contribution >= 0.6 is 11.5 Å². The van der Waals surface area contributed by atoms with Crippen LogP contribution in [0.4, 0.5) is 5.13 Å². The molecule has 19 heavy (non-hydrogen) atoms. The van der Waals surface area contributed by atoms with E-state index in [1.807, 2.05) is 0 Å². The van der Waals surface area contributed by atoms with Crippen LogP contribution in [0.3, 0.4) is 0 Å². The lowest BCUT2D eigenvalue weighted by Crippen LogP contribution is -2.41. The predicted molar refractivity (Wildman–Crippen MR) is 82.0 cm³/mol. The average molecular weight is 282 g/mol. The van der Waals surface area contributed by atoms with Gasteiger partial charge in [0, 0.05) is 37.1 Å². The predicted octanol–water partition coefficient (Wildman–Crippen LogP) is 2.71. The Labute approximate surface area is 120 Å². The van der Waals surface area contributed by atoms with Crippen molar-refractivity contribution < 1.29 is 0 Å². The zero-order chi connectivity index (χ0) is 13.7. The Balaban J connectivity index is 1.88. The molecule has 0 saturated carbocycles. The van der Waals surface area contributed by atoms with Crippen molar-refractivity contribution in [3.8, 4) is 0 Å². The van der Waals surface area contributed by atoms with Crippen molar-refractivity contribution in [2.45, 2.75) is 52.5 Å².